The molecule has 0 amide bonds. The van der Waals surface area contributed by atoms with Crippen LogP contribution in [0, 0.1) is 0 Å². The van der Waals surface area contributed by atoms with Crippen molar-refractivity contribution < 1.29 is 9.15 Å². The Hall–Kier alpha value is -0.800. The molecule has 1 aliphatic carbocycles. The predicted octanol–water partition coefficient (Wildman–Crippen LogP) is 3.15. The Kier molecular flexibility index (Phi) is 4.84. The molecule has 3 heteroatoms. The molecular weight excluding hydrogens is 226 g/mol. The molecule has 1 aromatic rings. The topological polar surface area (TPSA) is 34.4 Å². The number of hydrogen-bond acceptors (Lipinski definition) is 3. The van der Waals surface area contributed by atoms with Gasteiger partial charge in [0.2, 0.25) is 0 Å². The van der Waals surface area contributed by atoms with Crippen LogP contribution in [0.3, 0.4) is 0 Å². The zero-order valence-corrected chi connectivity index (χ0v) is 11.6. The molecule has 1 heterocycles. The number of nitrogens with one attached hydrogen (secondary N) is 1. The molecule has 2 rings (SSSR count). The molecule has 1 saturated carbocycles. The summed E-state index contributed by atoms with van der Waals surface area (Å²) in [5, 5.41) is 3.66. The van der Waals surface area contributed by atoms with E-state index < -0.39 is 0 Å². The second-order valence-electron chi connectivity index (χ2n) is 5.27. The molecular formula is C15H25NO2. The maximum Gasteiger partial charge on any atom is 0.105 e. The fourth-order valence-electron chi connectivity index (χ4n) is 3.06. The molecule has 1 unspecified atom stereocenters. The van der Waals surface area contributed by atoms with E-state index in [9.17, 15) is 0 Å². The fourth-order valence-corrected chi connectivity index (χ4v) is 3.06. The average molecular weight is 251 g/mol. The quantitative estimate of drug-likeness (QED) is 0.808. The van der Waals surface area contributed by atoms with E-state index >= 15 is 0 Å². The van der Waals surface area contributed by atoms with Gasteiger partial charge >= 0.3 is 0 Å². The zero-order valence-electron chi connectivity index (χ0n) is 11.6. The van der Waals surface area contributed by atoms with Crippen molar-refractivity contribution in [3.63, 3.8) is 0 Å². The summed E-state index contributed by atoms with van der Waals surface area (Å²) < 4.78 is 11.4. The monoisotopic (exact) mass is 251 g/mol. The minimum absolute atomic E-state index is 0.00194. The maximum absolute atomic E-state index is 5.90. The van der Waals surface area contributed by atoms with Gasteiger partial charge in [-0.05, 0) is 37.9 Å². The summed E-state index contributed by atoms with van der Waals surface area (Å²) in [5.74, 6) is 1.05. The second kappa shape index (κ2) is 6.39. The second-order valence-corrected chi connectivity index (χ2v) is 5.27. The molecule has 0 radical (unpaired) electrons. The van der Waals surface area contributed by atoms with Gasteiger partial charge in [0.15, 0.2) is 0 Å². The Morgan fingerprint density at radius 2 is 2.22 bits per heavy atom. The normalized spacial score (nSPS) is 20.1. The highest BCUT2D eigenvalue weighted by Crippen LogP contribution is 2.36. The van der Waals surface area contributed by atoms with Gasteiger partial charge in [-0.2, -0.15) is 0 Å². The lowest BCUT2D eigenvalue weighted by atomic mass is 9.88. The van der Waals surface area contributed by atoms with Crippen LogP contribution in [0.4, 0.5) is 0 Å². The van der Waals surface area contributed by atoms with Crippen molar-refractivity contribution in [2.24, 2.45) is 0 Å². The summed E-state index contributed by atoms with van der Waals surface area (Å²) >= 11 is 0. The number of hydrogen-bond donors (Lipinski definition) is 1. The smallest absolute Gasteiger partial charge is 0.105 e. The molecule has 0 aromatic carbocycles. The summed E-state index contributed by atoms with van der Waals surface area (Å²) in [6.07, 6.45) is 8.68. The first kappa shape index (κ1) is 13.6. The van der Waals surface area contributed by atoms with Crippen molar-refractivity contribution in [1.29, 1.82) is 0 Å². The van der Waals surface area contributed by atoms with Crippen LogP contribution < -0.4 is 5.32 Å². The molecule has 0 spiro atoms. The SMILES string of the molecule is CCCNC(Cc1ccco1)C1(OC)CCCC1. The van der Waals surface area contributed by atoms with Gasteiger partial charge in [-0.1, -0.05) is 19.8 Å². The van der Waals surface area contributed by atoms with E-state index in [0.29, 0.717) is 6.04 Å². The van der Waals surface area contributed by atoms with Gasteiger partial charge in [-0.25, -0.2) is 0 Å². The fraction of sp³-hybridized carbons (Fsp3) is 0.733. The molecule has 102 valence electrons. The molecule has 3 nitrogen and oxygen atoms in total. The van der Waals surface area contributed by atoms with E-state index in [1.165, 1.54) is 12.8 Å². The summed E-state index contributed by atoms with van der Waals surface area (Å²) in [5.41, 5.74) is 0.00194. The lowest BCUT2D eigenvalue weighted by molar-refractivity contribution is -0.0365. The van der Waals surface area contributed by atoms with Crippen molar-refractivity contribution >= 4 is 0 Å². The van der Waals surface area contributed by atoms with Crippen molar-refractivity contribution in [2.45, 2.75) is 57.1 Å². The van der Waals surface area contributed by atoms with Crippen LogP contribution >= 0.6 is 0 Å². The summed E-state index contributed by atoms with van der Waals surface area (Å²) in [4.78, 5) is 0. The van der Waals surface area contributed by atoms with Gasteiger partial charge in [0, 0.05) is 19.6 Å². The first-order valence-electron chi connectivity index (χ1n) is 7.11. The first-order chi connectivity index (χ1) is 8.80. The van der Waals surface area contributed by atoms with E-state index in [0.717, 1.165) is 38.0 Å². The highest BCUT2D eigenvalue weighted by Gasteiger charge is 2.41. The Morgan fingerprint density at radius 3 is 2.78 bits per heavy atom. The lowest BCUT2D eigenvalue weighted by Crippen LogP contribution is -2.51. The van der Waals surface area contributed by atoms with Crippen LogP contribution in [0.15, 0.2) is 22.8 Å². The van der Waals surface area contributed by atoms with Crippen LogP contribution in [0.2, 0.25) is 0 Å². The van der Waals surface area contributed by atoms with Crippen molar-refractivity contribution in [3.8, 4) is 0 Å². The number of furan rings is 1. The largest absolute Gasteiger partial charge is 0.469 e. The maximum atomic E-state index is 5.90. The third kappa shape index (κ3) is 2.96. The standard InChI is InChI=1S/C15H25NO2/c1-3-10-16-14(12-13-7-6-11-18-13)15(17-2)8-4-5-9-15/h6-7,11,14,16H,3-5,8-10,12H2,1-2H3. The number of ether oxygens (including phenoxy) is 1. The third-order valence-electron chi connectivity index (χ3n) is 4.12. The van der Waals surface area contributed by atoms with E-state index in [1.54, 1.807) is 6.26 Å². The van der Waals surface area contributed by atoms with Gasteiger partial charge in [-0.3, -0.25) is 0 Å². The molecule has 1 atom stereocenters. The minimum Gasteiger partial charge on any atom is -0.469 e. The summed E-state index contributed by atoms with van der Waals surface area (Å²) in [6, 6.07) is 4.37. The highest BCUT2D eigenvalue weighted by atomic mass is 16.5. The van der Waals surface area contributed by atoms with Gasteiger partial charge < -0.3 is 14.5 Å². The molecule has 1 aromatic heterocycles. The lowest BCUT2D eigenvalue weighted by Gasteiger charge is -2.36. The Morgan fingerprint density at radius 1 is 1.44 bits per heavy atom. The van der Waals surface area contributed by atoms with Gasteiger partial charge in [0.05, 0.1) is 11.9 Å². The third-order valence-corrected chi connectivity index (χ3v) is 4.12. The minimum atomic E-state index is 0.00194. The molecule has 18 heavy (non-hydrogen) atoms. The van der Waals surface area contributed by atoms with Crippen LogP contribution in [0.25, 0.3) is 0 Å². The Labute approximate surface area is 110 Å². The van der Waals surface area contributed by atoms with E-state index in [4.69, 9.17) is 9.15 Å². The van der Waals surface area contributed by atoms with Gasteiger partial charge in [-0.15, -0.1) is 0 Å². The van der Waals surface area contributed by atoms with E-state index in [1.807, 2.05) is 13.2 Å². The molecule has 0 aliphatic heterocycles. The van der Waals surface area contributed by atoms with Crippen molar-refractivity contribution in [1.82, 2.24) is 5.32 Å². The van der Waals surface area contributed by atoms with Crippen LogP contribution in [-0.2, 0) is 11.2 Å². The average Bonchev–Trinajstić information content (AvgIpc) is 3.05. The number of rotatable bonds is 7. The Balaban J connectivity index is 2.07. The predicted molar refractivity (Wildman–Crippen MR) is 72.7 cm³/mol. The van der Waals surface area contributed by atoms with Crippen LogP contribution in [0.1, 0.15) is 44.8 Å². The van der Waals surface area contributed by atoms with Crippen LogP contribution in [-0.4, -0.2) is 25.3 Å². The zero-order chi connectivity index (χ0) is 12.8. The van der Waals surface area contributed by atoms with E-state index in [2.05, 4.69) is 18.3 Å². The van der Waals surface area contributed by atoms with Crippen molar-refractivity contribution in [3.05, 3.63) is 24.2 Å². The van der Waals surface area contributed by atoms with Crippen molar-refractivity contribution in [2.75, 3.05) is 13.7 Å². The van der Waals surface area contributed by atoms with Crippen LogP contribution in [0.5, 0.6) is 0 Å². The summed E-state index contributed by atoms with van der Waals surface area (Å²) in [7, 11) is 1.86. The Bertz CT molecular complexity index is 328. The highest BCUT2D eigenvalue weighted by molar-refractivity contribution is 5.06. The molecule has 1 fully saturated rings. The molecule has 0 saturated heterocycles. The molecule has 0 bridgehead atoms. The van der Waals surface area contributed by atoms with E-state index in [-0.39, 0.29) is 5.60 Å². The first-order valence-corrected chi connectivity index (χ1v) is 7.11. The number of methoxy groups -OCH3 is 1. The molecule has 1 N–H and O–H groups in total. The van der Waals surface area contributed by atoms with Gasteiger partial charge in [0.1, 0.15) is 5.76 Å². The summed E-state index contributed by atoms with van der Waals surface area (Å²) in [6.45, 7) is 3.24. The molecule has 1 aliphatic rings. The van der Waals surface area contributed by atoms with Gasteiger partial charge in [0.25, 0.3) is 0 Å².